The van der Waals surface area contributed by atoms with Crippen LogP contribution in [0.3, 0.4) is 0 Å². The summed E-state index contributed by atoms with van der Waals surface area (Å²) < 4.78 is 28.3. The highest BCUT2D eigenvalue weighted by atomic mass is 79.9. The summed E-state index contributed by atoms with van der Waals surface area (Å²) in [5, 5.41) is 0. The van der Waals surface area contributed by atoms with Crippen LogP contribution >= 0.6 is 27.3 Å². The van der Waals surface area contributed by atoms with E-state index in [4.69, 9.17) is 5.73 Å². The second-order valence-corrected chi connectivity index (χ2v) is 9.55. The Morgan fingerprint density at radius 1 is 1.58 bits per heavy atom. The number of halogens is 1. The van der Waals surface area contributed by atoms with Crippen molar-refractivity contribution in [3.63, 3.8) is 0 Å². The van der Waals surface area contributed by atoms with Crippen LogP contribution in [0.1, 0.15) is 25.3 Å². The highest BCUT2D eigenvalue weighted by Gasteiger charge is 2.37. The van der Waals surface area contributed by atoms with Crippen molar-refractivity contribution >= 4 is 37.3 Å². The first-order valence-electron chi connectivity index (χ1n) is 6.35. The van der Waals surface area contributed by atoms with Gasteiger partial charge in [-0.15, -0.1) is 11.3 Å². The molecule has 108 valence electrons. The molecule has 1 saturated heterocycles. The van der Waals surface area contributed by atoms with Gasteiger partial charge in [0.15, 0.2) is 0 Å². The van der Waals surface area contributed by atoms with Crippen LogP contribution in [-0.4, -0.2) is 31.9 Å². The summed E-state index contributed by atoms with van der Waals surface area (Å²) in [5.74, 6) is 0.318. The van der Waals surface area contributed by atoms with Crippen molar-refractivity contribution < 1.29 is 8.42 Å². The van der Waals surface area contributed by atoms with E-state index >= 15 is 0 Å². The average molecular weight is 367 g/mol. The number of aryl methyl sites for hydroxylation is 1. The molecule has 0 radical (unpaired) electrons. The normalized spacial score (nSPS) is 25.7. The molecule has 1 aromatic heterocycles. The van der Waals surface area contributed by atoms with Crippen molar-refractivity contribution in [1.29, 1.82) is 0 Å². The number of thiophene rings is 1. The Hall–Kier alpha value is 0.0500. The first-order valence-corrected chi connectivity index (χ1v) is 9.40. The fraction of sp³-hybridized carbons (Fsp3) is 0.667. The quantitative estimate of drug-likeness (QED) is 0.893. The summed E-state index contributed by atoms with van der Waals surface area (Å²) in [5.41, 5.74) is 6.74. The van der Waals surface area contributed by atoms with Crippen molar-refractivity contribution in [2.24, 2.45) is 11.7 Å². The molecule has 1 aliphatic rings. The van der Waals surface area contributed by atoms with Crippen LogP contribution in [0.4, 0.5) is 0 Å². The molecule has 1 aromatic rings. The van der Waals surface area contributed by atoms with Crippen LogP contribution in [0.5, 0.6) is 0 Å². The van der Waals surface area contributed by atoms with Gasteiger partial charge in [-0.25, -0.2) is 8.42 Å². The zero-order chi connectivity index (χ0) is 14.2. The molecular formula is C12H19BrN2O2S2. The van der Waals surface area contributed by atoms with E-state index in [1.54, 1.807) is 10.4 Å². The van der Waals surface area contributed by atoms with E-state index in [9.17, 15) is 8.42 Å². The summed E-state index contributed by atoms with van der Waals surface area (Å²) in [6, 6.07) is 1.65. The van der Waals surface area contributed by atoms with E-state index in [1.807, 2.05) is 6.92 Å². The van der Waals surface area contributed by atoms with Crippen LogP contribution < -0.4 is 5.73 Å². The third-order valence-electron chi connectivity index (χ3n) is 3.70. The van der Waals surface area contributed by atoms with Crippen molar-refractivity contribution in [2.45, 2.75) is 36.9 Å². The topological polar surface area (TPSA) is 63.4 Å². The van der Waals surface area contributed by atoms with Gasteiger partial charge in [0.1, 0.15) is 4.21 Å². The minimum Gasteiger partial charge on any atom is -0.329 e. The number of sulfonamides is 1. The fourth-order valence-corrected chi connectivity index (χ4v) is 6.66. The lowest BCUT2D eigenvalue weighted by Gasteiger charge is -2.37. The van der Waals surface area contributed by atoms with Crippen LogP contribution in [0, 0.1) is 12.8 Å². The van der Waals surface area contributed by atoms with Gasteiger partial charge in [-0.2, -0.15) is 4.31 Å². The van der Waals surface area contributed by atoms with Gasteiger partial charge in [-0.1, -0.05) is 6.92 Å². The molecule has 0 spiro atoms. The Bertz CT molecular complexity index is 537. The highest BCUT2D eigenvalue weighted by molar-refractivity contribution is 9.11. The first-order chi connectivity index (χ1) is 8.87. The molecule has 0 amide bonds. The minimum absolute atomic E-state index is 0.0834. The Balaban J connectivity index is 2.37. The van der Waals surface area contributed by atoms with E-state index in [-0.39, 0.29) is 6.04 Å². The summed E-state index contributed by atoms with van der Waals surface area (Å²) in [7, 11) is -3.42. The van der Waals surface area contributed by atoms with Crippen LogP contribution in [0.15, 0.2) is 14.1 Å². The number of rotatable bonds is 3. The highest BCUT2D eigenvalue weighted by Crippen LogP contribution is 2.35. The van der Waals surface area contributed by atoms with Gasteiger partial charge in [0.05, 0.1) is 3.79 Å². The van der Waals surface area contributed by atoms with Gasteiger partial charge < -0.3 is 5.73 Å². The molecule has 0 saturated carbocycles. The summed E-state index contributed by atoms with van der Waals surface area (Å²) in [6.45, 7) is 4.93. The second-order valence-electron chi connectivity index (χ2n) is 5.06. The molecule has 2 rings (SSSR count). The maximum absolute atomic E-state index is 12.7. The molecule has 4 nitrogen and oxygen atoms in total. The lowest BCUT2D eigenvalue weighted by atomic mass is 9.93. The number of nitrogens with two attached hydrogens (primary N) is 1. The largest absolute Gasteiger partial charge is 0.329 e. The Kier molecular flexibility index (Phi) is 4.72. The number of hydrogen-bond acceptors (Lipinski definition) is 4. The van der Waals surface area contributed by atoms with E-state index in [1.165, 1.54) is 11.3 Å². The van der Waals surface area contributed by atoms with Crippen molar-refractivity contribution in [3.05, 3.63) is 15.4 Å². The van der Waals surface area contributed by atoms with Crippen LogP contribution in [0.25, 0.3) is 0 Å². The molecule has 7 heteroatoms. The average Bonchev–Trinajstić information content (AvgIpc) is 2.70. The zero-order valence-electron chi connectivity index (χ0n) is 11.1. The summed E-state index contributed by atoms with van der Waals surface area (Å²) >= 11 is 4.66. The van der Waals surface area contributed by atoms with Gasteiger partial charge in [-0.05, 0) is 53.2 Å². The lowest BCUT2D eigenvalue weighted by molar-refractivity contribution is 0.193. The predicted molar refractivity (Wildman–Crippen MR) is 81.9 cm³/mol. The molecular weight excluding hydrogens is 348 g/mol. The molecule has 2 N–H and O–H groups in total. The van der Waals surface area contributed by atoms with E-state index in [0.717, 1.165) is 22.2 Å². The molecule has 0 aliphatic carbocycles. The maximum atomic E-state index is 12.7. The van der Waals surface area contributed by atoms with Gasteiger partial charge >= 0.3 is 0 Å². The SMILES string of the molecule is Cc1cc(S(=O)(=O)N2CCCC(C)C2CN)sc1Br. The summed E-state index contributed by atoms with van der Waals surface area (Å²) in [4.78, 5) is 0. The molecule has 19 heavy (non-hydrogen) atoms. The Labute approximate surface area is 127 Å². The standard InChI is InChI=1S/C12H19BrN2O2S2/c1-8-4-3-5-15(10(8)7-14)19(16,17)11-6-9(2)12(13)18-11/h6,8,10H,3-5,7,14H2,1-2H3. The minimum atomic E-state index is -3.42. The van der Waals surface area contributed by atoms with Gasteiger partial charge in [-0.3, -0.25) is 0 Å². The van der Waals surface area contributed by atoms with Crippen molar-refractivity contribution in [2.75, 3.05) is 13.1 Å². The predicted octanol–water partition coefficient (Wildman–Crippen LogP) is 2.57. The fourth-order valence-electron chi connectivity index (χ4n) is 2.53. The number of hydrogen-bond donors (Lipinski definition) is 1. The Morgan fingerprint density at radius 3 is 2.79 bits per heavy atom. The second kappa shape index (κ2) is 5.81. The number of piperidine rings is 1. The van der Waals surface area contributed by atoms with Crippen molar-refractivity contribution in [1.82, 2.24) is 4.31 Å². The molecule has 2 atom stereocenters. The van der Waals surface area contributed by atoms with E-state index in [0.29, 0.717) is 23.2 Å². The monoisotopic (exact) mass is 366 g/mol. The zero-order valence-corrected chi connectivity index (χ0v) is 14.3. The first kappa shape index (κ1) is 15.4. The molecule has 2 unspecified atom stereocenters. The van der Waals surface area contributed by atoms with E-state index in [2.05, 4.69) is 22.9 Å². The van der Waals surface area contributed by atoms with E-state index < -0.39 is 10.0 Å². The molecule has 1 fully saturated rings. The van der Waals surface area contributed by atoms with Gasteiger partial charge in [0.25, 0.3) is 10.0 Å². The lowest BCUT2D eigenvalue weighted by Crippen LogP contribution is -2.51. The third kappa shape index (κ3) is 2.90. The van der Waals surface area contributed by atoms with Crippen LogP contribution in [0.2, 0.25) is 0 Å². The number of nitrogens with zero attached hydrogens (tertiary/aromatic N) is 1. The smallest absolute Gasteiger partial charge is 0.252 e. The van der Waals surface area contributed by atoms with Gasteiger partial charge in [0.2, 0.25) is 0 Å². The van der Waals surface area contributed by atoms with Crippen molar-refractivity contribution in [3.8, 4) is 0 Å². The van der Waals surface area contributed by atoms with Crippen LogP contribution in [-0.2, 0) is 10.0 Å². The molecule has 1 aliphatic heterocycles. The molecule has 0 bridgehead atoms. The molecule has 0 aromatic carbocycles. The maximum Gasteiger partial charge on any atom is 0.252 e. The molecule has 2 heterocycles. The third-order valence-corrected chi connectivity index (χ3v) is 8.21. The Morgan fingerprint density at radius 2 is 2.26 bits per heavy atom. The van der Waals surface area contributed by atoms with Gasteiger partial charge in [0, 0.05) is 19.1 Å². The summed E-state index contributed by atoms with van der Waals surface area (Å²) in [6.07, 6.45) is 1.95.